The number of anilines is 3. The molecule has 1 unspecified atom stereocenters. The molecular weight excluding hydrogens is 846 g/mol. The van der Waals surface area contributed by atoms with E-state index in [0.29, 0.717) is 83.7 Å². The first-order valence-corrected chi connectivity index (χ1v) is 21.8. The molecule has 3 fully saturated rings. The van der Waals surface area contributed by atoms with Gasteiger partial charge in [-0.3, -0.25) is 29.5 Å². The molecule has 66 heavy (non-hydrogen) atoms. The second kappa shape index (κ2) is 18.0. The van der Waals surface area contributed by atoms with Gasteiger partial charge in [0.15, 0.2) is 0 Å². The van der Waals surface area contributed by atoms with Crippen LogP contribution in [0.5, 0.6) is 17.5 Å². The Bertz CT molecular complexity index is 2940. The highest BCUT2D eigenvalue weighted by Crippen LogP contribution is 2.41. The van der Waals surface area contributed by atoms with Crippen molar-refractivity contribution in [1.29, 1.82) is 0 Å². The fraction of sp³-hybridized carbons (Fsp3) is 0.286. The molecule has 4 aromatic carbocycles. The number of amides is 5. The van der Waals surface area contributed by atoms with Crippen LogP contribution in [0.1, 0.15) is 64.6 Å². The summed E-state index contributed by atoms with van der Waals surface area (Å²) >= 11 is 0. The summed E-state index contributed by atoms with van der Waals surface area (Å²) in [5.41, 5.74) is 5.46. The number of methoxy groups -OCH3 is 1. The number of hydrogen-bond acceptors (Lipinski definition) is 10. The van der Waals surface area contributed by atoms with Crippen LogP contribution >= 0.6 is 0 Å². The SMILES string of the molecule is CNC(=O)c1cccc(N2CCN(c3nccc(-c4ccc(-n5c(OC)nn(C)c5=O)cc4Oc4ccc(C5CCN(c6ccc(C7CCC(=O)NC7=O)cc6F)CC5)cc4)c3C)C2=O)c1. The van der Waals surface area contributed by atoms with E-state index in [0.717, 1.165) is 29.5 Å². The lowest BCUT2D eigenvalue weighted by Crippen LogP contribution is -2.39. The number of benzene rings is 4. The Kier molecular flexibility index (Phi) is 11.8. The maximum Gasteiger partial charge on any atom is 0.353 e. The molecule has 1 atom stereocenters. The molecule has 17 heteroatoms. The van der Waals surface area contributed by atoms with Crippen molar-refractivity contribution in [2.24, 2.45) is 7.05 Å². The van der Waals surface area contributed by atoms with E-state index in [4.69, 9.17) is 9.47 Å². The number of aryl methyl sites for hydroxylation is 1. The second-order valence-corrected chi connectivity index (χ2v) is 16.6. The Balaban J connectivity index is 0.955. The normalized spacial score (nSPS) is 16.7. The van der Waals surface area contributed by atoms with Gasteiger partial charge in [-0.05, 0) is 109 Å². The smallest absolute Gasteiger partial charge is 0.353 e. The van der Waals surface area contributed by atoms with E-state index in [1.807, 2.05) is 48.2 Å². The van der Waals surface area contributed by atoms with Gasteiger partial charge in [0, 0.05) is 81.3 Å². The quantitative estimate of drug-likeness (QED) is 0.135. The summed E-state index contributed by atoms with van der Waals surface area (Å²) in [4.78, 5) is 73.6. The van der Waals surface area contributed by atoms with Crippen LogP contribution in [-0.2, 0) is 16.6 Å². The number of rotatable bonds is 11. The first-order valence-electron chi connectivity index (χ1n) is 21.8. The molecule has 0 bridgehead atoms. The summed E-state index contributed by atoms with van der Waals surface area (Å²) in [5.74, 6) is -0.190. The highest BCUT2D eigenvalue weighted by atomic mass is 19.1. The minimum Gasteiger partial charge on any atom is -0.467 e. The Morgan fingerprint density at radius 2 is 1.59 bits per heavy atom. The van der Waals surface area contributed by atoms with E-state index < -0.39 is 11.6 Å². The number of ether oxygens (including phenoxy) is 2. The van der Waals surface area contributed by atoms with Gasteiger partial charge in [0.2, 0.25) is 11.8 Å². The predicted molar refractivity (Wildman–Crippen MR) is 245 cm³/mol. The van der Waals surface area contributed by atoms with Gasteiger partial charge in [-0.2, -0.15) is 0 Å². The third kappa shape index (κ3) is 8.23. The van der Waals surface area contributed by atoms with Crippen molar-refractivity contribution in [3.63, 3.8) is 0 Å². The van der Waals surface area contributed by atoms with E-state index in [9.17, 15) is 24.0 Å². The van der Waals surface area contributed by atoms with E-state index in [-0.39, 0.29) is 47.9 Å². The van der Waals surface area contributed by atoms with Crippen LogP contribution in [0.15, 0.2) is 102 Å². The van der Waals surface area contributed by atoms with Gasteiger partial charge >= 0.3 is 17.7 Å². The number of imide groups is 1. The van der Waals surface area contributed by atoms with Gasteiger partial charge in [-0.1, -0.05) is 24.3 Å². The van der Waals surface area contributed by atoms with E-state index in [1.54, 1.807) is 78.6 Å². The molecule has 338 valence electrons. The van der Waals surface area contributed by atoms with Crippen molar-refractivity contribution in [3.8, 4) is 34.3 Å². The molecule has 0 radical (unpaired) electrons. The maximum atomic E-state index is 15.5. The molecule has 2 aromatic heterocycles. The largest absolute Gasteiger partial charge is 0.467 e. The van der Waals surface area contributed by atoms with Crippen molar-refractivity contribution < 1.29 is 33.0 Å². The Labute approximate surface area is 379 Å². The molecule has 3 aliphatic heterocycles. The highest BCUT2D eigenvalue weighted by molar-refractivity contribution is 6.07. The molecule has 9 rings (SSSR count). The first-order chi connectivity index (χ1) is 31.9. The molecule has 5 heterocycles. The molecule has 5 amide bonds. The lowest BCUT2D eigenvalue weighted by atomic mass is 9.88. The van der Waals surface area contributed by atoms with Crippen molar-refractivity contribution in [1.82, 2.24) is 30.0 Å². The summed E-state index contributed by atoms with van der Waals surface area (Å²) in [6.45, 7) is 3.95. The summed E-state index contributed by atoms with van der Waals surface area (Å²) in [5, 5.41) is 9.19. The zero-order valence-corrected chi connectivity index (χ0v) is 36.9. The zero-order valence-electron chi connectivity index (χ0n) is 36.9. The first kappa shape index (κ1) is 43.4. The molecule has 2 N–H and O–H groups in total. The molecule has 3 saturated heterocycles. The molecular formula is C49H48FN9O7. The van der Waals surface area contributed by atoms with Crippen LogP contribution in [0, 0.1) is 12.7 Å². The predicted octanol–water partition coefficient (Wildman–Crippen LogP) is 6.59. The monoisotopic (exact) mass is 893 g/mol. The average Bonchev–Trinajstić information content (AvgIpc) is 3.86. The fourth-order valence-corrected chi connectivity index (χ4v) is 9.17. The number of carbonyl (C=O) groups is 4. The Morgan fingerprint density at radius 3 is 2.32 bits per heavy atom. The van der Waals surface area contributed by atoms with Crippen molar-refractivity contribution in [2.45, 2.75) is 44.4 Å². The van der Waals surface area contributed by atoms with Gasteiger partial charge in [-0.25, -0.2) is 28.2 Å². The lowest BCUT2D eigenvalue weighted by molar-refractivity contribution is -0.134. The maximum absolute atomic E-state index is 15.5. The number of urea groups is 1. The minimum absolute atomic E-state index is 0.101. The van der Waals surface area contributed by atoms with E-state index in [1.165, 1.54) is 22.4 Å². The summed E-state index contributed by atoms with van der Waals surface area (Å²) in [6.07, 6.45) is 3.84. The van der Waals surface area contributed by atoms with Gasteiger partial charge < -0.3 is 19.7 Å². The van der Waals surface area contributed by atoms with Crippen molar-refractivity contribution in [3.05, 3.63) is 136 Å². The van der Waals surface area contributed by atoms with Crippen LogP contribution in [-0.4, -0.2) is 83.4 Å². The molecule has 0 spiro atoms. The minimum atomic E-state index is -0.547. The Hall–Kier alpha value is -7.82. The lowest BCUT2D eigenvalue weighted by Gasteiger charge is -2.34. The summed E-state index contributed by atoms with van der Waals surface area (Å²) in [6, 6.07) is 26.8. The number of halogens is 1. The molecule has 0 saturated carbocycles. The van der Waals surface area contributed by atoms with Crippen molar-refractivity contribution >= 4 is 40.9 Å². The van der Waals surface area contributed by atoms with E-state index >= 15 is 4.39 Å². The number of aromatic nitrogens is 4. The molecule has 16 nitrogen and oxygen atoms in total. The molecule has 3 aliphatic rings. The van der Waals surface area contributed by atoms with Crippen LogP contribution < -0.4 is 40.5 Å². The standard InChI is InChI=1S/C49H48FN9O7/c1-29-37(18-21-52-44(29)58-25-24-57(49(58)64)34-7-5-6-33(26-34)45(61)51-2)39-14-11-35(59-47(65-4)54-55(3)48(59)63)28-42(39)66-36-12-8-30(9-13-36)31-19-22-56(23-20-31)41-16-10-32(27-40(41)50)38-15-17-43(60)53-46(38)62/h5-14,16,18,21,26-28,31,38H,15,17,19-20,22-25H2,1-4H3,(H,51,61)(H,53,60,62). The summed E-state index contributed by atoms with van der Waals surface area (Å²) < 4.78 is 30.2. The number of hydrogen-bond donors (Lipinski definition) is 2. The third-order valence-corrected chi connectivity index (χ3v) is 12.7. The number of nitrogens with one attached hydrogen (secondary N) is 2. The van der Waals surface area contributed by atoms with Crippen LogP contribution in [0.4, 0.5) is 26.4 Å². The van der Waals surface area contributed by atoms with Crippen molar-refractivity contribution in [2.75, 3.05) is 55.0 Å². The number of carbonyl (C=O) groups excluding carboxylic acids is 4. The molecule has 6 aromatic rings. The van der Waals surface area contributed by atoms with Crippen LogP contribution in [0.2, 0.25) is 0 Å². The Morgan fingerprint density at radius 1 is 0.833 bits per heavy atom. The highest BCUT2D eigenvalue weighted by Gasteiger charge is 2.34. The van der Waals surface area contributed by atoms with E-state index in [2.05, 4.69) is 20.7 Å². The van der Waals surface area contributed by atoms with Gasteiger partial charge in [0.05, 0.1) is 24.4 Å². The van der Waals surface area contributed by atoms with Gasteiger partial charge in [0.25, 0.3) is 5.91 Å². The average molecular weight is 894 g/mol. The summed E-state index contributed by atoms with van der Waals surface area (Å²) in [7, 11) is 4.54. The van der Waals surface area contributed by atoms with Crippen LogP contribution in [0.25, 0.3) is 16.8 Å². The second-order valence-electron chi connectivity index (χ2n) is 16.6. The van der Waals surface area contributed by atoms with Gasteiger partial charge in [0.1, 0.15) is 23.1 Å². The van der Waals surface area contributed by atoms with Crippen LogP contribution in [0.3, 0.4) is 0 Å². The molecule has 0 aliphatic carbocycles. The number of nitrogens with zero attached hydrogens (tertiary/aromatic N) is 7. The fourth-order valence-electron chi connectivity index (χ4n) is 9.17. The third-order valence-electron chi connectivity index (χ3n) is 12.7. The number of pyridine rings is 1. The topological polar surface area (TPSA) is 173 Å². The number of piperidine rings is 2. The van der Waals surface area contributed by atoms with Gasteiger partial charge in [-0.15, -0.1) is 5.10 Å². The zero-order chi connectivity index (χ0) is 46.2.